The number of carbonyl (C=O) groups excluding carboxylic acids is 4. The number of allylic oxidation sites excluding steroid dienone is 4. The first-order valence-corrected chi connectivity index (χ1v) is 11.3. The molecule has 4 aliphatic carbocycles. The van der Waals surface area contributed by atoms with E-state index in [2.05, 4.69) is 0 Å². The fourth-order valence-corrected chi connectivity index (χ4v) is 5.72. The lowest BCUT2D eigenvalue weighted by molar-refractivity contribution is -0.275. The number of esters is 2. The van der Waals surface area contributed by atoms with Crippen LogP contribution in [0.5, 0.6) is 0 Å². The molecule has 35 heavy (non-hydrogen) atoms. The van der Waals surface area contributed by atoms with Gasteiger partial charge in [-0.15, -0.1) is 0 Å². The third-order valence-electron chi connectivity index (χ3n) is 7.64. The molecule has 0 aromatic carbocycles. The number of hydrogen-bond donors (Lipinski definition) is 3. The summed E-state index contributed by atoms with van der Waals surface area (Å²) < 4.78 is 16.4. The number of aliphatic hydroxyl groups is 3. The summed E-state index contributed by atoms with van der Waals surface area (Å²) in [7, 11) is 1.18. The highest BCUT2D eigenvalue weighted by atomic mass is 16.6. The van der Waals surface area contributed by atoms with E-state index in [4.69, 9.17) is 14.2 Å². The Kier molecular flexibility index (Phi) is 5.90. The van der Waals surface area contributed by atoms with Crippen LogP contribution in [0.3, 0.4) is 0 Å². The van der Waals surface area contributed by atoms with Gasteiger partial charge in [-0.25, -0.2) is 9.59 Å². The number of fused-ring (bicyclic) bond motifs is 3. The van der Waals surface area contributed by atoms with Gasteiger partial charge in [0.1, 0.15) is 29.0 Å². The second kappa shape index (κ2) is 8.25. The summed E-state index contributed by atoms with van der Waals surface area (Å²) in [6.07, 6.45) is 3.29. The average Bonchev–Trinajstić information content (AvgIpc) is 2.81. The molecule has 3 N–H and O–H groups in total. The highest BCUT2D eigenvalue weighted by Crippen LogP contribution is 2.61. The van der Waals surface area contributed by atoms with Crippen molar-refractivity contribution in [1.82, 2.24) is 0 Å². The second-order valence-electron chi connectivity index (χ2n) is 9.60. The van der Waals surface area contributed by atoms with E-state index in [0.29, 0.717) is 0 Å². The minimum Gasteiger partial charge on any atom is -0.508 e. The van der Waals surface area contributed by atoms with Crippen molar-refractivity contribution in [3.05, 3.63) is 47.3 Å². The van der Waals surface area contributed by atoms with E-state index in [0.717, 1.165) is 0 Å². The van der Waals surface area contributed by atoms with Crippen LogP contribution in [-0.2, 0) is 33.4 Å². The third-order valence-corrected chi connectivity index (χ3v) is 7.64. The smallest absolute Gasteiger partial charge is 0.340 e. The van der Waals surface area contributed by atoms with Crippen molar-refractivity contribution in [2.75, 3.05) is 7.11 Å². The normalized spacial score (nSPS) is 42.3. The Morgan fingerprint density at radius 2 is 1.91 bits per heavy atom. The van der Waals surface area contributed by atoms with Gasteiger partial charge in [-0.3, -0.25) is 9.59 Å². The summed E-state index contributed by atoms with van der Waals surface area (Å²) in [5, 5.41) is 32.3. The molecular weight excluding hydrogens is 460 g/mol. The molecule has 5 rings (SSSR count). The summed E-state index contributed by atoms with van der Waals surface area (Å²) >= 11 is 0. The highest BCUT2D eigenvalue weighted by Gasteiger charge is 2.79. The van der Waals surface area contributed by atoms with Crippen molar-refractivity contribution < 1.29 is 48.7 Å². The van der Waals surface area contributed by atoms with E-state index in [9.17, 15) is 34.5 Å². The lowest BCUT2D eigenvalue weighted by Crippen LogP contribution is -2.79. The summed E-state index contributed by atoms with van der Waals surface area (Å²) in [6, 6.07) is 0. The van der Waals surface area contributed by atoms with Crippen LogP contribution >= 0.6 is 0 Å². The Morgan fingerprint density at radius 3 is 2.54 bits per heavy atom. The fourth-order valence-electron chi connectivity index (χ4n) is 5.72. The fraction of sp³-hybridized carbons (Fsp3) is 0.520. The topological polar surface area (TPSA) is 157 Å². The van der Waals surface area contributed by atoms with E-state index >= 15 is 0 Å². The predicted octanol–water partition coefficient (Wildman–Crippen LogP) is 0.773. The summed E-state index contributed by atoms with van der Waals surface area (Å²) in [5.41, 5.74) is -6.51. The van der Waals surface area contributed by atoms with Gasteiger partial charge >= 0.3 is 11.9 Å². The van der Waals surface area contributed by atoms with Crippen molar-refractivity contribution in [1.29, 1.82) is 0 Å². The molecule has 1 spiro atoms. The van der Waals surface area contributed by atoms with Gasteiger partial charge in [0.2, 0.25) is 0 Å². The number of Topliss-reactive ketones (excluding diaryl/α,β-unsaturated/α-hetero) is 2. The van der Waals surface area contributed by atoms with Gasteiger partial charge in [-0.05, 0) is 39.3 Å². The number of methoxy groups -OCH3 is 1. The van der Waals surface area contributed by atoms with Crippen LogP contribution < -0.4 is 0 Å². The average molecular weight is 488 g/mol. The number of aliphatic hydroxyl groups excluding tert-OH is 2. The summed E-state index contributed by atoms with van der Waals surface area (Å²) in [6.45, 7) is 4.20. The Bertz CT molecular complexity index is 1130. The zero-order chi connectivity index (χ0) is 25.9. The van der Waals surface area contributed by atoms with Crippen molar-refractivity contribution in [3.63, 3.8) is 0 Å². The Balaban J connectivity index is 1.81. The molecule has 2 bridgehead atoms. The van der Waals surface area contributed by atoms with E-state index in [1.165, 1.54) is 39.2 Å². The van der Waals surface area contributed by atoms with Crippen LogP contribution in [0.2, 0.25) is 0 Å². The van der Waals surface area contributed by atoms with Crippen LogP contribution in [0.4, 0.5) is 0 Å². The predicted molar refractivity (Wildman–Crippen MR) is 119 cm³/mol. The van der Waals surface area contributed by atoms with Crippen molar-refractivity contribution in [2.24, 2.45) is 11.3 Å². The molecule has 10 heteroatoms. The molecule has 0 aromatic heterocycles. The molecule has 1 saturated heterocycles. The Hall–Kier alpha value is -3.08. The molecule has 1 heterocycles. The summed E-state index contributed by atoms with van der Waals surface area (Å²) in [4.78, 5) is 52.7. The zero-order valence-corrected chi connectivity index (χ0v) is 19.8. The Morgan fingerprint density at radius 1 is 1.23 bits per heavy atom. The van der Waals surface area contributed by atoms with Crippen molar-refractivity contribution in [2.45, 2.75) is 63.1 Å². The molecule has 1 aliphatic heterocycles. The largest absolute Gasteiger partial charge is 0.508 e. The van der Waals surface area contributed by atoms with Crippen molar-refractivity contribution >= 4 is 23.5 Å². The lowest BCUT2D eigenvalue weighted by atomic mass is 9.45. The maximum Gasteiger partial charge on any atom is 0.340 e. The van der Waals surface area contributed by atoms with E-state index in [1.807, 2.05) is 0 Å². The van der Waals surface area contributed by atoms with Crippen molar-refractivity contribution in [3.8, 4) is 0 Å². The first-order valence-electron chi connectivity index (χ1n) is 11.3. The molecule has 0 radical (unpaired) electrons. The monoisotopic (exact) mass is 488 g/mol. The van der Waals surface area contributed by atoms with Crippen LogP contribution in [0.1, 0.15) is 33.6 Å². The van der Waals surface area contributed by atoms with Gasteiger partial charge in [0.15, 0.2) is 23.3 Å². The number of rotatable bonds is 3. The maximum absolute atomic E-state index is 13.7. The van der Waals surface area contributed by atoms with E-state index in [1.54, 1.807) is 19.1 Å². The molecule has 7 atom stereocenters. The van der Waals surface area contributed by atoms with Crippen LogP contribution in [0.25, 0.3) is 0 Å². The minimum atomic E-state index is -2.23. The van der Waals surface area contributed by atoms with E-state index < -0.39 is 70.1 Å². The number of hydrogen-bond acceptors (Lipinski definition) is 10. The number of carbonyl (C=O) groups is 4. The minimum absolute atomic E-state index is 0.0943. The van der Waals surface area contributed by atoms with Crippen LogP contribution in [-0.4, -0.2) is 75.4 Å². The standard InChI is InChI=1S/C25H28O10/c1-5-6-7-8-14(26)17-13-11-25(23(2,19(17)28)21(30)24(13,3)32)22(31)34-18-15(27)9-12(20(29)33-4)10-16(18)35-25/h5-9,13,15-16,18,26-27,32H,10-11H2,1-4H3/b6-5+,8-7+,17-14?. The molecule has 5 aliphatic rings. The number of ketones is 2. The molecule has 4 fully saturated rings. The van der Waals surface area contributed by atoms with E-state index in [-0.39, 0.29) is 24.0 Å². The number of ether oxygens (including phenoxy) is 3. The molecule has 7 unspecified atom stereocenters. The zero-order valence-electron chi connectivity index (χ0n) is 19.8. The maximum atomic E-state index is 13.7. The molecule has 10 nitrogen and oxygen atoms in total. The first kappa shape index (κ1) is 25.0. The Labute approximate surface area is 201 Å². The molecular formula is C25H28O10. The van der Waals surface area contributed by atoms with Gasteiger partial charge in [0.05, 0.1) is 7.11 Å². The highest BCUT2D eigenvalue weighted by molar-refractivity contribution is 6.25. The molecule has 0 amide bonds. The summed E-state index contributed by atoms with van der Waals surface area (Å²) in [5.74, 6) is -5.23. The van der Waals surface area contributed by atoms with Crippen LogP contribution in [0.15, 0.2) is 47.3 Å². The first-order chi connectivity index (χ1) is 16.4. The molecule has 3 saturated carbocycles. The quantitative estimate of drug-likeness (QED) is 0.170. The van der Waals surface area contributed by atoms with Gasteiger partial charge in [0, 0.05) is 23.5 Å². The van der Waals surface area contributed by atoms with Crippen LogP contribution in [0, 0.1) is 11.3 Å². The lowest BCUT2D eigenvalue weighted by Gasteiger charge is -2.61. The van der Waals surface area contributed by atoms with Gasteiger partial charge in [-0.1, -0.05) is 18.2 Å². The third kappa shape index (κ3) is 3.27. The second-order valence-corrected chi connectivity index (χ2v) is 9.60. The van der Waals surface area contributed by atoms with Gasteiger partial charge in [-0.2, -0.15) is 0 Å². The SMILES string of the molecule is C/C=C/C=C/C(O)=C1C(=O)C2(C)C(=O)C(C)(O)C1CC21OC2CC(C(=O)OC)=CC(O)C2OC1=O. The van der Waals surface area contributed by atoms with Gasteiger partial charge in [0.25, 0.3) is 0 Å². The van der Waals surface area contributed by atoms with Gasteiger partial charge < -0.3 is 29.5 Å². The molecule has 188 valence electrons. The molecule has 0 aromatic rings.